The van der Waals surface area contributed by atoms with Crippen LogP contribution in [0.5, 0.6) is 0 Å². The Morgan fingerprint density at radius 2 is 1.69 bits per heavy atom. The second-order valence-corrected chi connectivity index (χ2v) is 9.03. The van der Waals surface area contributed by atoms with Crippen molar-refractivity contribution in [3.8, 4) is 0 Å². The first-order valence-electron chi connectivity index (χ1n) is 10.7. The molecule has 1 saturated heterocycles. The number of esters is 1. The summed E-state index contributed by atoms with van der Waals surface area (Å²) in [4.78, 5) is 26.0. The molecule has 29 heavy (non-hydrogen) atoms. The Balaban J connectivity index is 1.88. The third-order valence-electron chi connectivity index (χ3n) is 6.42. The molecule has 0 radical (unpaired) electrons. The second kappa shape index (κ2) is 8.19. The lowest BCUT2D eigenvalue weighted by Gasteiger charge is -2.24. The van der Waals surface area contributed by atoms with Crippen LogP contribution in [0, 0.1) is 18.8 Å². The number of ether oxygens (including phenoxy) is 3. The lowest BCUT2D eigenvalue weighted by molar-refractivity contribution is -0.162. The van der Waals surface area contributed by atoms with E-state index in [1.54, 1.807) is 0 Å². The zero-order valence-electron chi connectivity index (χ0n) is 18.6. The molecule has 1 saturated carbocycles. The van der Waals surface area contributed by atoms with E-state index in [1.165, 1.54) is 23.8 Å². The number of rotatable bonds is 6. The van der Waals surface area contributed by atoms with Crippen LogP contribution in [0.2, 0.25) is 0 Å². The van der Waals surface area contributed by atoms with Crippen LogP contribution in [0.3, 0.4) is 0 Å². The summed E-state index contributed by atoms with van der Waals surface area (Å²) in [7, 11) is 1.38. The summed E-state index contributed by atoms with van der Waals surface area (Å²) in [6.45, 7) is 10.5. The van der Waals surface area contributed by atoms with Crippen molar-refractivity contribution in [2.45, 2.75) is 78.1 Å². The highest BCUT2D eigenvalue weighted by atomic mass is 16.8. The minimum Gasteiger partial charge on any atom is -0.469 e. The van der Waals surface area contributed by atoms with Gasteiger partial charge in [-0.15, -0.1) is 0 Å². The Bertz CT molecular complexity index is 771. The van der Waals surface area contributed by atoms with E-state index in [9.17, 15) is 9.59 Å². The SMILES string of the molecule is CCc1cc(C)cc(CC)c1CC(=O)[C@H]1CC2(COC(C)(C)O2)C[C@@H]1C(=O)OC. The van der Waals surface area contributed by atoms with Gasteiger partial charge in [-0.2, -0.15) is 0 Å². The summed E-state index contributed by atoms with van der Waals surface area (Å²) in [6, 6.07) is 4.35. The molecule has 1 heterocycles. The molecule has 3 atom stereocenters. The summed E-state index contributed by atoms with van der Waals surface area (Å²) < 4.78 is 17.0. The van der Waals surface area contributed by atoms with Gasteiger partial charge in [0.1, 0.15) is 5.78 Å². The molecule has 0 amide bonds. The molecule has 0 bridgehead atoms. The van der Waals surface area contributed by atoms with Gasteiger partial charge in [0.2, 0.25) is 0 Å². The van der Waals surface area contributed by atoms with Crippen molar-refractivity contribution in [2.24, 2.45) is 11.8 Å². The van der Waals surface area contributed by atoms with E-state index in [2.05, 4.69) is 32.9 Å². The van der Waals surface area contributed by atoms with E-state index in [4.69, 9.17) is 14.2 Å². The predicted molar refractivity (Wildman–Crippen MR) is 111 cm³/mol. The number of hydrogen-bond donors (Lipinski definition) is 0. The van der Waals surface area contributed by atoms with Crippen molar-refractivity contribution in [2.75, 3.05) is 13.7 Å². The molecule has 1 spiro atoms. The molecule has 2 aliphatic rings. The van der Waals surface area contributed by atoms with E-state index in [-0.39, 0.29) is 11.8 Å². The van der Waals surface area contributed by atoms with E-state index in [0.717, 1.165) is 18.4 Å². The van der Waals surface area contributed by atoms with E-state index < -0.39 is 23.2 Å². The van der Waals surface area contributed by atoms with Crippen molar-refractivity contribution >= 4 is 11.8 Å². The molecule has 1 aromatic rings. The Morgan fingerprint density at radius 3 is 2.17 bits per heavy atom. The van der Waals surface area contributed by atoms with Gasteiger partial charge >= 0.3 is 5.97 Å². The lowest BCUT2D eigenvalue weighted by Crippen LogP contribution is -2.32. The maximum absolute atomic E-state index is 13.5. The zero-order valence-corrected chi connectivity index (χ0v) is 18.6. The minimum absolute atomic E-state index is 0.0961. The average molecular weight is 403 g/mol. The summed E-state index contributed by atoms with van der Waals surface area (Å²) in [5, 5.41) is 0. The highest BCUT2D eigenvalue weighted by Crippen LogP contribution is 2.49. The molecular weight excluding hydrogens is 368 g/mol. The van der Waals surface area contributed by atoms with Crippen LogP contribution in [0.4, 0.5) is 0 Å². The zero-order chi connectivity index (χ0) is 21.4. The third-order valence-corrected chi connectivity index (χ3v) is 6.42. The largest absolute Gasteiger partial charge is 0.469 e. The lowest BCUT2D eigenvalue weighted by atomic mass is 9.85. The number of benzene rings is 1. The Labute approximate surface area is 174 Å². The van der Waals surface area contributed by atoms with E-state index >= 15 is 0 Å². The van der Waals surface area contributed by atoms with Crippen molar-refractivity contribution in [3.63, 3.8) is 0 Å². The summed E-state index contributed by atoms with van der Waals surface area (Å²) in [5.74, 6) is -1.82. The molecule has 5 heteroatoms. The summed E-state index contributed by atoms with van der Waals surface area (Å²) in [5.41, 5.74) is 4.20. The number of methoxy groups -OCH3 is 1. The smallest absolute Gasteiger partial charge is 0.309 e. The summed E-state index contributed by atoms with van der Waals surface area (Å²) >= 11 is 0. The second-order valence-electron chi connectivity index (χ2n) is 9.03. The van der Waals surface area contributed by atoms with Crippen LogP contribution in [0.1, 0.15) is 62.8 Å². The van der Waals surface area contributed by atoms with Gasteiger partial charge in [0.25, 0.3) is 0 Å². The van der Waals surface area contributed by atoms with E-state index in [1.807, 2.05) is 13.8 Å². The molecule has 5 nitrogen and oxygen atoms in total. The van der Waals surface area contributed by atoms with Crippen LogP contribution >= 0.6 is 0 Å². The maximum Gasteiger partial charge on any atom is 0.309 e. The van der Waals surface area contributed by atoms with E-state index in [0.29, 0.717) is 25.9 Å². The molecule has 1 unspecified atom stereocenters. The fourth-order valence-corrected chi connectivity index (χ4v) is 5.13. The fourth-order valence-electron chi connectivity index (χ4n) is 5.13. The Morgan fingerprint density at radius 1 is 1.10 bits per heavy atom. The number of aryl methyl sites for hydroxylation is 3. The third kappa shape index (κ3) is 4.41. The van der Waals surface area contributed by atoms with Crippen LogP contribution in [-0.2, 0) is 43.1 Å². The average Bonchev–Trinajstić information content (AvgIpc) is 3.20. The molecule has 1 aliphatic carbocycles. The standard InChI is InChI=1S/C24H34O5/c1-7-16-9-15(3)10-17(8-2)18(16)11-21(25)19-12-24(13-20(19)22(26)27-6)14-28-23(4,5)29-24/h9-10,19-20H,7-8,11-14H2,1-6H3/t19-,20-,24?/m0/s1. The van der Waals surface area contributed by atoms with Crippen LogP contribution in [0.25, 0.3) is 0 Å². The highest BCUT2D eigenvalue weighted by Gasteiger charge is 2.57. The Kier molecular flexibility index (Phi) is 6.21. The van der Waals surface area contributed by atoms with Gasteiger partial charge < -0.3 is 14.2 Å². The summed E-state index contributed by atoms with van der Waals surface area (Å²) in [6.07, 6.45) is 3.10. The molecule has 3 rings (SSSR count). The normalized spacial score (nSPS) is 28.1. The maximum atomic E-state index is 13.5. The molecular formula is C24H34O5. The van der Waals surface area contributed by atoms with Crippen molar-refractivity contribution < 1.29 is 23.8 Å². The molecule has 2 fully saturated rings. The minimum atomic E-state index is -0.694. The fraction of sp³-hybridized carbons (Fsp3) is 0.667. The van der Waals surface area contributed by atoms with Crippen LogP contribution < -0.4 is 0 Å². The molecule has 1 aromatic carbocycles. The number of ketones is 1. The first-order chi connectivity index (χ1) is 13.6. The molecule has 1 aliphatic heterocycles. The monoisotopic (exact) mass is 402 g/mol. The topological polar surface area (TPSA) is 61.8 Å². The highest BCUT2D eigenvalue weighted by molar-refractivity contribution is 5.89. The molecule has 0 N–H and O–H groups in total. The van der Waals surface area contributed by atoms with Gasteiger partial charge in [-0.25, -0.2) is 0 Å². The molecule has 0 aromatic heterocycles. The van der Waals surface area contributed by atoms with Crippen molar-refractivity contribution in [1.29, 1.82) is 0 Å². The quantitative estimate of drug-likeness (QED) is 0.674. The van der Waals surface area contributed by atoms with Gasteiger partial charge in [0.15, 0.2) is 5.79 Å². The van der Waals surface area contributed by atoms with Gasteiger partial charge in [-0.3, -0.25) is 9.59 Å². The van der Waals surface area contributed by atoms with Crippen LogP contribution in [-0.4, -0.2) is 36.9 Å². The molecule has 160 valence electrons. The number of hydrogen-bond acceptors (Lipinski definition) is 5. The Hall–Kier alpha value is -1.72. The first-order valence-corrected chi connectivity index (χ1v) is 10.7. The van der Waals surface area contributed by atoms with Gasteiger partial charge in [-0.05, 0) is 63.1 Å². The van der Waals surface area contributed by atoms with Crippen molar-refractivity contribution in [3.05, 3.63) is 34.4 Å². The van der Waals surface area contributed by atoms with Gasteiger partial charge in [-0.1, -0.05) is 31.5 Å². The number of carbonyl (C=O) groups is 2. The number of Topliss-reactive ketones (excluding diaryl/α,β-unsaturated/α-hetero) is 1. The van der Waals surface area contributed by atoms with Crippen molar-refractivity contribution in [1.82, 2.24) is 0 Å². The van der Waals surface area contributed by atoms with Gasteiger partial charge in [0.05, 0.1) is 25.2 Å². The van der Waals surface area contributed by atoms with Gasteiger partial charge in [0, 0.05) is 12.3 Å². The predicted octanol–water partition coefficient (Wildman–Crippen LogP) is 3.95. The first kappa shape index (κ1) is 22.0. The number of carbonyl (C=O) groups excluding carboxylic acids is 2. The van der Waals surface area contributed by atoms with Crippen LogP contribution in [0.15, 0.2) is 12.1 Å².